The minimum Gasteiger partial charge on any atom is -0.484 e. The van der Waals surface area contributed by atoms with E-state index in [2.05, 4.69) is 5.32 Å². The fourth-order valence-corrected chi connectivity index (χ4v) is 6.33. The van der Waals surface area contributed by atoms with Gasteiger partial charge in [0.05, 0.1) is 24.2 Å². The number of carbonyl (C=O) groups is 2. The third-order valence-corrected chi connectivity index (χ3v) is 9.25. The van der Waals surface area contributed by atoms with Gasteiger partial charge in [-0.25, -0.2) is 8.42 Å². The summed E-state index contributed by atoms with van der Waals surface area (Å²) >= 11 is 0. The number of ether oxygens (including phenoxy) is 3. The Morgan fingerprint density at radius 1 is 0.911 bits per heavy atom. The number of carbonyl (C=O) groups excluding carboxylic acids is 2. The van der Waals surface area contributed by atoms with Gasteiger partial charge in [-0.05, 0) is 55.7 Å². The third-order valence-electron chi connectivity index (χ3n) is 7.33. The molecule has 0 bridgehead atoms. The van der Waals surface area contributed by atoms with Crippen LogP contribution in [-0.4, -0.2) is 87.6 Å². The van der Waals surface area contributed by atoms with Crippen molar-refractivity contribution in [3.63, 3.8) is 0 Å². The Bertz CT molecular complexity index is 1450. The van der Waals surface area contributed by atoms with Crippen LogP contribution in [0.5, 0.6) is 5.75 Å². The molecule has 0 aliphatic carbocycles. The Hall–Kier alpha value is -3.77. The lowest BCUT2D eigenvalue weighted by molar-refractivity contribution is -0.142. The second kappa shape index (κ2) is 17.1. The SMILES string of the molecule is CC(C)OCCCNC(=O)[C@H](Cc1ccccc1)N(Cc1ccccc1)C(=O)COc1ccc(S(=O)(=O)N2CCOCC2)cc1. The van der Waals surface area contributed by atoms with Crippen molar-refractivity contribution in [3.8, 4) is 5.75 Å². The number of morpholine rings is 1. The number of sulfonamides is 1. The van der Waals surface area contributed by atoms with Crippen molar-refractivity contribution in [2.45, 2.75) is 50.3 Å². The first kappa shape index (κ1) is 34.1. The summed E-state index contributed by atoms with van der Waals surface area (Å²) in [7, 11) is -3.65. The van der Waals surface area contributed by atoms with Gasteiger partial charge in [0, 0.05) is 39.2 Å². The Labute approximate surface area is 266 Å². The summed E-state index contributed by atoms with van der Waals surface area (Å²) in [4.78, 5) is 29.2. The number of benzene rings is 3. The Balaban J connectivity index is 1.49. The van der Waals surface area contributed by atoms with E-state index in [0.717, 1.165) is 11.1 Å². The molecule has 0 spiro atoms. The van der Waals surface area contributed by atoms with Gasteiger partial charge in [-0.2, -0.15) is 4.31 Å². The molecule has 2 amide bonds. The number of rotatable bonds is 16. The van der Waals surface area contributed by atoms with Gasteiger partial charge in [-0.15, -0.1) is 0 Å². The highest BCUT2D eigenvalue weighted by atomic mass is 32.2. The third kappa shape index (κ3) is 10.4. The lowest BCUT2D eigenvalue weighted by Gasteiger charge is -2.31. The Morgan fingerprint density at radius 2 is 1.53 bits per heavy atom. The average molecular weight is 638 g/mol. The summed E-state index contributed by atoms with van der Waals surface area (Å²) < 4.78 is 44.1. The molecule has 1 heterocycles. The zero-order valence-electron chi connectivity index (χ0n) is 26.0. The molecule has 11 heteroatoms. The highest BCUT2D eigenvalue weighted by molar-refractivity contribution is 7.89. The second-order valence-corrected chi connectivity index (χ2v) is 13.0. The number of hydrogen-bond donors (Lipinski definition) is 1. The fraction of sp³-hybridized carbons (Fsp3) is 0.412. The van der Waals surface area contributed by atoms with E-state index in [1.165, 1.54) is 28.6 Å². The zero-order valence-corrected chi connectivity index (χ0v) is 26.8. The second-order valence-electron chi connectivity index (χ2n) is 11.1. The molecule has 3 aromatic carbocycles. The van der Waals surface area contributed by atoms with Crippen LogP contribution in [-0.2, 0) is 42.1 Å². The van der Waals surface area contributed by atoms with Crippen molar-refractivity contribution in [3.05, 3.63) is 96.1 Å². The molecule has 45 heavy (non-hydrogen) atoms. The number of amides is 2. The lowest BCUT2D eigenvalue weighted by Crippen LogP contribution is -2.52. The van der Waals surface area contributed by atoms with E-state index in [1.54, 1.807) is 4.90 Å². The van der Waals surface area contributed by atoms with E-state index < -0.39 is 16.1 Å². The maximum absolute atomic E-state index is 13.8. The van der Waals surface area contributed by atoms with E-state index in [1.807, 2.05) is 74.5 Å². The molecule has 0 radical (unpaired) electrons. The first-order valence-corrected chi connectivity index (χ1v) is 16.8. The predicted octanol–water partition coefficient (Wildman–Crippen LogP) is 3.66. The van der Waals surface area contributed by atoms with E-state index >= 15 is 0 Å². The van der Waals surface area contributed by atoms with Gasteiger partial charge < -0.3 is 24.4 Å². The van der Waals surface area contributed by atoms with Crippen molar-refractivity contribution in [1.29, 1.82) is 0 Å². The van der Waals surface area contributed by atoms with Gasteiger partial charge in [-0.3, -0.25) is 9.59 Å². The van der Waals surface area contributed by atoms with Crippen molar-refractivity contribution in [2.75, 3.05) is 46.1 Å². The molecule has 0 unspecified atom stereocenters. The molecule has 242 valence electrons. The Kier molecular flexibility index (Phi) is 12.9. The average Bonchev–Trinajstić information content (AvgIpc) is 3.06. The van der Waals surface area contributed by atoms with Crippen LogP contribution in [0.15, 0.2) is 89.8 Å². The first-order valence-electron chi connectivity index (χ1n) is 15.3. The monoisotopic (exact) mass is 637 g/mol. The zero-order chi connectivity index (χ0) is 32.1. The standard InChI is InChI=1S/C34H43N3O7S/c1-27(2)43-21-9-18-35-34(39)32(24-28-10-5-3-6-11-28)37(25-29-12-7-4-8-13-29)33(38)26-44-30-14-16-31(17-15-30)45(40,41)36-19-22-42-23-20-36/h3-8,10-17,27,32H,9,18-26H2,1-2H3,(H,35,39)/t32-/m0/s1. The topological polar surface area (TPSA) is 114 Å². The molecule has 1 aliphatic rings. The highest BCUT2D eigenvalue weighted by Crippen LogP contribution is 2.21. The van der Waals surface area contributed by atoms with Crippen LogP contribution in [0.1, 0.15) is 31.4 Å². The highest BCUT2D eigenvalue weighted by Gasteiger charge is 2.31. The maximum atomic E-state index is 13.8. The summed E-state index contributed by atoms with van der Waals surface area (Å²) in [5.41, 5.74) is 1.80. The fourth-order valence-electron chi connectivity index (χ4n) is 4.93. The van der Waals surface area contributed by atoms with E-state index in [-0.39, 0.29) is 36.0 Å². The van der Waals surface area contributed by atoms with Crippen molar-refractivity contribution in [1.82, 2.24) is 14.5 Å². The van der Waals surface area contributed by atoms with Crippen LogP contribution in [0, 0.1) is 0 Å². The number of nitrogens with zero attached hydrogens (tertiary/aromatic N) is 2. The summed E-state index contributed by atoms with van der Waals surface area (Å²) in [6, 6.07) is 24.3. The van der Waals surface area contributed by atoms with Gasteiger partial charge in [0.25, 0.3) is 5.91 Å². The molecule has 10 nitrogen and oxygen atoms in total. The van der Waals surface area contributed by atoms with Crippen LogP contribution in [0.25, 0.3) is 0 Å². The van der Waals surface area contributed by atoms with Crippen LogP contribution in [0.2, 0.25) is 0 Å². The van der Waals surface area contributed by atoms with Crippen molar-refractivity contribution < 1.29 is 32.2 Å². The van der Waals surface area contributed by atoms with E-state index in [4.69, 9.17) is 14.2 Å². The van der Waals surface area contributed by atoms with Gasteiger partial charge in [0.2, 0.25) is 15.9 Å². The number of hydrogen-bond acceptors (Lipinski definition) is 7. The normalized spacial score (nSPS) is 14.6. The summed E-state index contributed by atoms with van der Waals surface area (Å²) in [5, 5.41) is 3.00. The molecule has 0 aromatic heterocycles. The van der Waals surface area contributed by atoms with Gasteiger partial charge in [0.1, 0.15) is 11.8 Å². The molecule has 0 saturated carbocycles. The van der Waals surface area contributed by atoms with Crippen LogP contribution >= 0.6 is 0 Å². The smallest absolute Gasteiger partial charge is 0.261 e. The number of nitrogens with one attached hydrogen (secondary N) is 1. The molecule has 1 atom stereocenters. The van der Waals surface area contributed by atoms with E-state index in [0.29, 0.717) is 58.0 Å². The minimum absolute atomic E-state index is 0.107. The molecule has 1 N–H and O–H groups in total. The van der Waals surface area contributed by atoms with Crippen LogP contribution in [0.4, 0.5) is 0 Å². The predicted molar refractivity (Wildman–Crippen MR) is 171 cm³/mol. The van der Waals surface area contributed by atoms with Crippen molar-refractivity contribution in [2.24, 2.45) is 0 Å². The van der Waals surface area contributed by atoms with Gasteiger partial charge in [-0.1, -0.05) is 60.7 Å². The summed E-state index contributed by atoms with van der Waals surface area (Å²) in [5.74, 6) is -0.286. The molecule has 1 fully saturated rings. The quantitative estimate of drug-likeness (QED) is 0.239. The van der Waals surface area contributed by atoms with Crippen LogP contribution in [0.3, 0.4) is 0 Å². The largest absolute Gasteiger partial charge is 0.484 e. The van der Waals surface area contributed by atoms with Crippen LogP contribution < -0.4 is 10.1 Å². The maximum Gasteiger partial charge on any atom is 0.261 e. The lowest BCUT2D eigenvalue weighted by atomic mass is 10.0. The van der Waals surface area contributed by atoms with Gasteiger partial charge >= 0.3 is 0 Å². The molecule has 4 rings (SSSR count). The van der Waals surface area contributed by atoms with Gasteiger partial charge in [0.15, 0.2) is 6.61 Å². The molecule has 1 saturated heterocycles. The molecule has 3 aromatic rings. The van der Waals surface area contributed by atoms with E-state index in [9.17, 15) is 18.0 Å². The molecule has 1 aliphatic heterocycles. The molecular formula is C34H43N3O7S. The summed E-state index contributed by atoms with van der Waals surface area (Å²) in [6.45, 7) is 6.07. The minimum atomic E-state index is -3.65. The Morgan fingerprint density at radius 3 is 2.16 bits per heavy atom. The molecular weight excluding hydrogens is 594 g/mol. The van der Waals surface area contributed by atoms with Crippen molar-refractivity contribution >= 4 is 21.8 Å². The first-order chi connectivity index (χ1) is 21.7. The summed E-state index contributed by atoms with van der Waals surface area (Å²) in [6.07, 6.45) is 1.08.